The van der Waals surface area contributed by atoms with Crippen LogP contribution in [0.2, 0.25) is 0 Å². The van der Waals surface area contributed by atoms with Gasteiger partial charge in [-0.05, 0) is 32.3 Å². The molecule has 0 radical (unpaired) electrons. The Balaban J connectivity index is 1.58. The number of carbonyl (C=O) groups is 1. The van der Waals surface area contributed by atoms with E-state index in [1.165, 1.54) is 6.92 Å². The molecule has 4 rings (SSSR count). The summed E-state index contributed by atoms with van der Waals surface area (Å²) in [5.74, 6) is -1.44. The van der Waals surface area contributed by atoms with Gasteiger partial charge in [0.15, 0.2) is 11.3 Å². The van der Waals surface area contributed by atoms with Crippen LogP contribution in [0.25, 0.3) is 5.65 Å². The molecule has 0 spiro atoms. The number of aryl methyl sites for hydroxylation is 1. The van der Waals surface area contributed by atoms with E-state index in [1.807, 2.05) is 0 Å². The van der Waals surface area contributed by atoms with Crippen LogP contribution in [0.4, 0.5) is 26.3 Å². The van der Waals surface area contributed by atoms with Gasteiger partial charge in [-0.3, -0.25) is 14.9 Å². The van der Waals surface area contributed by atoms with Gasteiger partial charge < -0.3 is 5.32 Å². The van der Waals surface area contributed by atoms with Crippen LogP contribution >= 0.6 is 0 Å². The van der Waals surface area contributed by atoms with Gasteiger partial charge in [0.1, 0.15) is 18.1 Å². The van der Waals surface area contributed by atoms with Crippen LogP contribution in [-0.2, 0) is 36.5 Å². The lowest BCUT2D eigenvalue weighted by molar-refractivity contribution is -0.143. The molecule has 0 atom stereocenters. The average molecular weight is 459 g/mol. The molecule has 3 aromatic heterocycles. The van der Waals surface area contributed by atoms with Crippen LogP contribution in [-0.4, -0.2) is 36.1 Å². The number of hydrogen-bond acceptors (Lipinski definition) is 5. The second-order valence-electron chi connectivity index (χ2n) is 7.28. The minimum absolute atomic E-state index is 0.0254. The summed E-state index contributed by atoms with van der Waals surface area (Å²) in [5, 5.41) is 17.4. The van der Waals surface area contributed by atoms with Crippen molar-refractivity contribution < 1.29 is 31.1 Å². The summed E-state index contributed by atoms with van der Waals surface area (Å²) in [7, 11) is 0. The SMILES string of the molecule is Cc1cc(C(F)(F)F)n2ncc(C(=N)NC(=O)Cn3nc(C(F)(F)F)c4c3CCC4)c2n1. The van der Waals surface area contributed by atoms with Crippen molar-refractivity contribution in [2.24, 2.45) is 0 Å². The third-order valence-electron chi connectivity index (χ3n) is 4.99. The van der Waals surface area contributed by atoms with Crippen molar-refractivity contribution in [1.82, 2.24) is 29.7 Å². The van der Waals surface area contributed by atoms with E-state index in [1.54, 1.807) is 0 Å². The van der Waals surface area contributed by atoms with Crippen molar-refractivity contribution in [2.45, 2.75) is 45.1 Å². The number of amidine groups is 1. The molecule has 3 aromatic rings. The Bertz CT molecular complexity index is 1240. The van der Waals surface area contributed by atoms with E-state index in [9.17, 15) is 31.1 Å². The predicted molar refractivity (Wildman–Crippen MR) is 97.0 cm³/mol. The lowest BCUT2D eigenvalue weighted by Crippen LogP contribution is -2.34. The van der Waals surface area contributed by atoms with E-state index in [2.05, 4.69) is 20.5 Å². The van der Waals surface area contributed by atoms with Crippen molar-refractivity contribution in [2.75, 3.05) is 0 Å². The molecule has 0 saturated carbocycles. The Morgan fingerprint density at radius 3 is 2.56 bits per heavy atom. The third kappa shape index (κ3) is 3.80. The van der Waals surface area contributed by atoms with Crippen molar-refractivity contribution in [3.63, 3.8) is 0 Å². The molecule has 0 fully saturated rings. The molecular weight excluding hydrogens is 444 g/mol. The van der Waals surface area contributed by atoms with E-state index >= 15 is 0 Å². The van der Waals surface area contributed by atoms with E-state index in [4.69, 9.17) is 5.41 Å². The second kappa shape index (κ2) is 7.31. The number of alkyl halides is 6. The highest BCUT2D eigenvalue weighted by Gasteiger charge is 2.40. The van der Waals surface area contributed by atoms with E-state index in [0.717, 1.165) is 16.9 Å². The number of nitrogens with zero attached hydrogens (tertiary/aromatic N) is 5. The summed E-state index contributed by atoms with van der Waals surface area (Å²) in [6, 6.07) is 0.794. The van der Waals surface area contributed by atoms with Gasteiger partial charge in [-0.1, -0.05) is 0 Å². The fourth-order valence-electron chi connectivity index (χ4n) is 3.71. The molecule has 170 valence electrons. The number of hydrogen-bond donors (Lipinski definition) is 2. The zero-order valence-electron chi connectivity index (χ0n) is 16.4. The summed E-state index contributed by atoms with van der Waals surface area (Å²) in [5.41, 5.74) is -2.20. The summed E-state index contributed by atoms with van der Waals surface area (Å²) in [6.07, 6.45) is -7.39. The van der Waals surface area contributed by atoms with Crippen molar-refractivity contribution in [1.29, 1.82) is 5.41 Å². The standard InChI is InChI=1S/C18H15F6N7O/c1-8-5-12(17(19,20)21)31-16(27-8)10(6-26-31)15(25)28-13(32)7-30-11-4-2-3-9(11)14(29-30)18(22,23)24/h5-6H,2-4,7H2,1H3,(H2,25,28,32). The quantitative estimate of drug-likeness (QED) is 0.357. The summed E-state index contributed by atoms with van der Waals surface area (Å²) >= 11 is 0. The Labute approximate surface area is 175 Å². The normalized spacial score (nSPS) is 14.1. The van der Waals surface area contributed by atoms with Gasteiger partial charge >= 0.3 is 12.4 Å². The van der Waals surface area contributed by atoms with Gasteiger partial charge in [0.2, 0.25) is 5.91 Å². The fraction of sp³-hybridized carbons (Fsp3) is 0.389. The average Bonchev–Trinajstić information content (AvgIpc) is 3.35. The number of amides is 1. The molecule has 32 heavy (non-hydrogen) atoms. The summed E-state index contributed by atoms with van der Waals surface area (Å²) in [4.78, 5) is 16.3. The van der Waals surface area contributed by atoms with Crippen molar-refractivity contribution >= 4 is 17.4 Å². The Morgan fingerprint density at radius 1 is 1.19 bits per heavy atom. The molecule has 0 saturated heterocycles. The van der Waals surface area contributed by atoms with Crippen LogP contribution < -0.4 is 5.32 Å². The molecule has 14 heteroatoms. The molecule has 1 aliphatic rings. The maximum absolute atomic E-state index is 13.3. The zero-order chi connectivity index (χ0) is 23.4. The molecule has 3 heterocycles. The maximum Gasteiger partial charge on any atom is 0.435 e. The van der Waals surface area contributed by atoms with Gasteiger partial charge in [-0.25, -0.2) is 9.50 Å². The number of rotatable bonds is 3. The Hall–Kier alpha value is -3.45. The fourth-order valence-corrected chi connectivity index (χ4v) is 3.71. The van der Waals surface area contributed by atoms with Gasteiger partial charge in [0.05, 0.1) is 11.8 Å². The molecule has 1 aliphatic carbocycles. The van der Waals surface area contributed by atoms with Crippen molar-refractivity contribution in [3.8, 4) is 0 Å². The summed E-state index contributed by atoms with van der Waals surface area (Å²) < 4.78 is 80.8. The van der Waals surface area contributed by atoms with E-state index in [0.29, 0.717) is 23.1 Å². The molecule has 8 nitrogen and oxygen atoms in total. The first-order chi connectivity index (χ1) is 14.9. The van der Waals surface area contributed by atoms with Gasteiger partial charge in [-0.2, -0.15) is 36.5 Å². The number of halogens is 6. The minimum atomic E-state index is -4.72. The van der Waals surface area contributed by atoms with Gasteiger partial charge in [-0.15, -0.1) is 0 Å². The van der Waals surface area contributed by atoms with Crippen LogP contribution in [0.3, 0.4) is 0 Å². The monoisotopic (exact) mass is 459 g/mol. The highest BCUT2D eigenvalue weighted by Crippen LogP contribution is 2.36. The van der Waals surface area contributed by atoms with Gasteiger partial charge in [0.25, 0.3) is 0 Å². The second-order valence-corrected chi connectivity index (χ2v) is 7.28. The number of fused-ring (bicyclic) bond motifs is 2. The van der Waals surface area contributed by atoms with Crippen molar-refractivity contribution in [3.05, 3.63) is 46.2 Å². The van der Waals surface area contributed by atoms with Crippen LogP contribution in [0.5, 0.6) is 0 Å². The first-order valence-corrected chi connectivity index (χ1v) is 9.33. The highest BCUT2D eigenvalue weighted by molar-refractivity contribution is 6.09. The largest absolute Gasteiger partial charge is 0.435 e. The minimum Gasteiger partial charge on any atom is -0.309 e. The molecule has 0 bridgehead atoms. The third-order valence-corrected chi connectivity index (χ3v) is 4.99. The lowest BCUT2D eigenvalue weighted by atomic mass is 10.2. The highest BCUT2D eigenvalue weighted by atomic mass is 19.4. The Morgan fingerprint density at radius 2 is 1.91 bits per heavy atom. The summed E-state index contributed by atoms with van der Waals surface area (Å²) in [6.45, 7) is 0.755. The zero-order valence-corrected chi connectivity index (χ0v) is 16.4. The van der Waals surface area contributed by atoms with E-state index < -0.39 is 42.0 Å². The lowest BCUT2D eigenvalue weighted by Gasteiger charge is -2.10. The number of carbonyl (C=O) groups excluding carboxylic acids is 1. The van der Waals surface area contributed by atoms with E-state index in [-0.39, 0.29) is 28.9 Å². The molecule has 2 N–H and O–H groups in total. The number of nitrogens with one attached hydrogen (secondary N) is 2. The Kier molecular flexibility index (Phi) is 4.97. The molecular formula is C18H15F6N7O. The molecule has 0 unspecified atom stereocenters. The first kappa shape index (κ1) is 21.8. The molecule has 1 amide bonds. The topological polar surface area (TPSA) is 101 Å². The first-order valence-electron chi connectivity index (χ1n) is 9.33. The molecule has 0 aliphatic heterocycles. The smallest absolute Gasteiger partial charge is 0.309 e. The van der Waals surface area contributed by atoms with Crippen LogP contribution in [0.1, 0.15) is 40.3 Å². The van der Waals surface area contributed by atoms with Gasteiger partial charge in [0, 0.05) is 17.0 Å². The maximum atomic E-state index is 13.3. The predicted octanol–water partition coefficient (Wildman–Crippen LogP) is 2.90. The van der Waals surface area contributed by atoms with Crippen LogP contribution in [0, 0.1) is 12.3 Å². The van der Waals surface area contributed by atoms with Crippen LogP contribution in [0.15, 0.2) is 12.3 Å². The molecule has 0 aromatic carbocycles. The number of aromatic nitrogens is 5.